The molecule has 3 aromatic heterocycles. The van der Waals surface area contributed by atoms with Gasteiger partial charge in [0.1, 0.15) is 29.5 Å². The van der Waals surface area contributed by atoms with Gasteiger partial charge in [-0.05, 0) is 42.8 Å². The molecule has 0 saturated heterocycles. The minimum atomic E-state index is -0.936. The maximum Gasteiger partial charge on any atom is 0.407 e. The van der Waals surface area contributed by atoms with Gasteiger partial charge in [0, 0.05) is 48.4 Å². The molecule has 33 heavy (non-hydrogen) atoms. The van der Waals surface area contributed by atoms with Crippen molar-refractivity contribution in [3.8, 4) is 11.4 Å². The predicted molar refractivity (Wildman–Crippen MR) is 117 cm³/mol. The Kier molecular flexibility index (Phi) is 5.29. The molecule has 5 rings (SSSR count). The van der Waals surface area contributed by atoms with E-state index >= 15 is 0 Å². The maximum absolute atomic E-state index is 13.0. The molecule has 1 N–H and O–H groups in total. The average molecular weight is 449 g/mol. The molecule has 0 atom stereocenters. The fourth-order valence-electron chi connectivity index (χ4n) is 4.01. The highest BCUT2D eigenvalue weighted by Gasteiger charge is 2.22. The van der Waals surface area contributed by atoms with Gasteiger partial charge in [-0.3, -0.25) is 14.3 Å². The minimum absolute atomic E-state index is 0.115. The number of carboxylic acid groups (broad SMARTS) is 1. The molecule has 0 bridgehead atoms. The van der Waals surface area contributed by atoms with Crippen LogP contribution in [0.5, 0.6) is 5.75 Å². The predicted octanol–water partition coefficient (Wildman–Crippen LogP) is 3.78. The van der Waals surface area contributed by atoms with Crippen LogP contribution in [0.15, 0.2) is 64.1 Å². The first kappa shape index (κ1) is 20.7. The second-order valence-corrected chi connectivity index (χ2v) is 7.78. The molecule has 4 aromatic rings. The zero-order chi connectivity index (χ0) is 22.9. The van der Waals surface area contributed by atoms with Gasteiger partial charge in [-0.1, -0.05) is 0 Å². The standard InChI is InChI=1S/C24H20FN3O5/c25-15-1-2-16(26-13-15)14-32-18-5-10-28(23(29)12-18)17-3-4-21-20(11-17)19-6-8-27(24(30)31)9-7-22(19)33-21/h1-5,10-13H,6-9,14H2,(H,30,31). The summed E-state index contributed by atoms with van der Waals surface area (Å²) in [6.45, 7) is 0.906. The summed E-state index contributed by atoms with van der Waals surface area (Å²) in [5.74, 6) is 0.748. The summed E-state index contributed by atoms with van der Waals surface area (Å²) in [4.78, 5) is 29.4. The first-order valence-electron chi connectivity index (χ1n) is 10.5. The fraction of sp³-hybridized carbons (Fsp3) is 0.208. The molecule has 1 aliphatic heterocycles. The molecule has 4 heterocycles. The van der Waals surface area contributed by atoms with E-state index in [0.29, 0.717) is 48.6 Å². The van der Waals surface area contributed by atoms with Crippen LogP contribution >= 0.6 is 0 Å². The average Bonchev–Trinajstić information content (AvgIpc) is 3.00. The lowest BCUT2D eigenvalue weighted by Gasteiger charge is -2.15. The number of rotatable bonds is 4. The summed E-state index contributed by atoms with van der Waals surface area (Å²) >= 11 is 0. The van der Waals surface area contributed by atoms with Crippen molar-refractivity contribution < 1.29 is 23.4 Å². The van der Waals surface area contributed by atoms with Gasteiger partial charge in [-0.25, -0.2) is 9.18 Å². The van der Waals surface area contributed by atoms with Gasteiger partial charge in [0.25, 0.3) is 5.56 Å². The highest BCUT2D eigenvalue weighted by atomic mass is 19.1. The highest BCUT2D eigenvalue weighted by molar-refractivity contribution is 5.84. The number of ether oxygens (including phenoxy) is 1. The number of nitrogens with zero attached hydrogens (tertiary/aromatic N) is 3. The molecule has 0 aliphatic carbocycles. The van der Waals surface area contributed by atoms with E-state index in [9.17, 15) is 19.1 Å². The monoisotopic (exact) mass is 449 g/mol. The summed E-state index contributed by atoms with van der Waals surface area (Å²) < 4.78 is 26.0. The topological polar surface area (TPSA) is 97.8 Å². The van der Waals surface area contributed by atoms with E-state index in [1.54, 1.807) is 18.3 Å². The maximum atomic E-state index is 13.0. The van der Waals surface area contributed by atoms with E-state index in [-0.39, 0.29) is 12.2 Å². The van der Waals surface area contributed by atoms with Crippen molar-refractivity contribution >= 4 is 17.1 Å². The van der Waals surface area contributed by atoms with Gasteiger partial charge >= 0.3 is 6.09 Å². The van der Waals surface area contributed by atoms with Crippen molar-refractivity contribution in [1.82, 2.24) is 14.5 Å². The Morgan fingerprint density at radius 2 is 2.00 bits per heavy atom. The van der Waals surface area contributed by atoms with E-state index in [1.165, 1.54) is 27.7 Å². The van der Waals surface area contributed by atoms with E-state index in [2.05, 4.69) is 4.98 Å². The molecule has 0 fully saturated rings. The molecular weight excluding hydrogens is 429 g/mol. The van der Waals surface area contributed by atoms with E-state index in [0.717, 1.165) is 22.9 Å². The van der Waals surface area contributed by atoms with Crippen molar-refractivity contribution in [3.63, 3.8) is 0 Å². The molecule has 1 amide bonds. The third kappa shape index (κ3) is 4.17. The van der Waals surface area contributed by atoms with Crippen LogP contribution in [0.1, 0.15) is 17.0 Å². The van der Waals surface area contributed by atoms with E-state index in [1.807, 2.05) is 12.1 Å². The van der Waals surface area contributed by atoms with Crippen molar-refractivity contribution in [2.75, 3.05) is 13.1 Å². The Balaban J connectivity index is 1.39. The van der Waals surface area contributed by atoms with Gasteiger partial charge in [-0.15, -0.1) is 0 Å². The third-order valence-electron chi connectivity index (χ3n) is 5.71. The van der Waals surface area contributed by atoms with Crippen molar-refractivity contribution in [3.05, 3.63) is 88.0 Å². The molecule has 168 valence electrons. The number of furan rings is 1. The Labute approximate surface area is 187 Å². The van der Waals surface area contributed by atoms with Crippen LogP contribution in [-0.2, 0) is 19.4 Å². The molecular formula is C24H20FN3O5. The molecule has 1 aliphatic rings. The fourth-order valence-corrected chi connectivity index (χ4v) is 4.01. The Morgan fingerprint density at radius 1 is 1.15 bits per heavy atom. The van der Waals surface area contributed by atoms with Crippen LogP contribution in [0, 0.1) is 5.82 Å². The molecule has 0 unspecified atom stereocenters. The number of carbonyl (C=O) groups is 1. The van der Waals surface area contributed by atoms with Gasteiger partial charge < -0.3 is 19.2 Å². The number of halogens is 1. The lowest BCUT2D eigenvalue weighted by Crippen LogP contribution is -2.31. The summed E-state index contributed by atoms with van der Waals surface area (Å²) in [5.41, 5.74) is 2.64. The van der Waals surface area contributed by atoms with Crippen molar-refractivity contribution in [2.45, 2.75) is 19.4 Å². The minimum Gasteiger partial charge on any atom is -0.487 e. The van der Waals surface area contributed by atoms with Crippen LogP contribution in [-0.4, -0.2) is 38.7 Å². The van der Waals surface area contributed by atoms with Crippen LogP contribution in [0.2, 0.25) is 0 Å². The number of fused-ring (bicyclic) bond motifs is 3. The molecule has 0 saturated carbocycles. The Morgan fingerprint density at radius 3 is 2.76 bits per heavy atom. The number of hydrogen-bond acceptors (Lipinski definition) is 5. The van der Waals surface area contributed by atoms with Crippen molar-refractivity contribution in [2.24, 2.45) is 0 Å². The van der Waals surface area contributed by atoms with Gasteiger partial charge in [0.15, 0.2) is 0 Å². The summed E-state index contributed by atoms with van der Waals surface area (Å²) in [6, 6.07) is 11.4. The van der Waals surface area contributed by atoms with E-state index in [4.69, 9.17) is 9.15 Å². The van der Waals surface area contributed by atoms with Crippen LogP contribution in [0.25, 0.3) is 16.7 Å². The molecule has 8 nitrogen and oxygen atoms in total. The highest BCUT2D eigenvalue weighted by Crippen LogP contribution is 2.30. The number of aromatic nitrogens is 2. The Hall–Kier alpha value is -4.14. The molecule has 9 heteroatoms. The quantitative estimate of drug-likeness (QED) is 0.509. The van der Waals surface area contributed by atoms with Crippen LogP contribution in [0.4, 0.5) is 9.18 Å². The van der Waals surface area contributed by atoms with Crippen LogP contribution < -0.4 is 10.3 Å². The zero-order valence-electron chi connectivity index (χ0n) is 17.5. The van der Waals surface area contributed by atoms with Gasteiger partial charge in [0.05, 0.1) is 11.9 Å². The first-order chi connectivity index (χ1) is 16.0. The first-order valence-corrected chi connectivity index (χ1v) is 10.5. The summed E-state index contributed by atoms with van der Waals surface area (Å²) in [7, 11) is 0. The lowest BCUT2D eigenvalue weighted by atomic mass is 10.1. The SMILES string of the molecule is O=C(O)N1CCc2oc3ccc(-n4ccc(OCc5ccc(F)cn5)cc4=O)cc3c2CC1. The van der Waals surface area contributed by atoms with E-state index < -0.39 is 11.9 Å². The number of benzene rings is 1. The normalized spacial score (nSPS) is 13.5. The number of amides is 1. The molecule has 0 radical (unpaired) electrons. The third-order valence-corrected chi connectivity index (χ3v) is 5.71. The largest absolute Gasteiger partial charge is 0.487 e. The van der Waals surface area contributed by atoms with Crippen LogP contribution in [0.3, 0.4) is 0 Å². The smallest absolute Gasteiger partial charge is 0.407 e. The summed E-state index contributed by atoms with van der Waals surface area (Å²) in [5, 5.41) is 10.2. The van der Waals surface area contributed by atoms with Gasteiger partial charge in [0.2, 0.25) is 0 Å². The Bertz CT molecular complexity index is 1390. The number of hydrogen-bond donors (Lipinski definition) is 1. The molecule has 1 aromatic carbocycles. The molecule has 0 spiro atoms. The van der Waals surface area contributed by atoms with Crippen molar-refractivity contribution in [1.29, 1.82) is 0 Å². The second kappa shape index (κ2) is 8.42. The van der Waals surface area contributed by atoms with Gasteiger partial charge in [-0.2, -0.15) is 0 Å². The number of pyridine rings is 2. The lowest BCUT2D eigenvalue weighted by molar-refractivity contribution is 0.147. The zero-order valence-corrected chi connectivity index (χ0v) is 17.5. The summed E-state index contributed by atoms with van der Waals surface area (Å²) in [6.07, 6.45) is 2.87. The second-order valence-electron chi connectivity index (χ2n) is 7.78.